The molecular weight excluding hydrogens is 242 g/mol. The van der Waals surface area contributed by atoms with E-state index >= 15 is 0 Å². The van der Waals surface area contributed by atoms with Crippen LogP contribution >= 0.6 is 0 Å². The molecule has 0 spiro atoms. The van der Waals surface area contributed by atoms with Gasteiger partial charge in [-0.15, -0.1) is 0 Å². The first-order valence-corrected chi connectivity index (χ1v) is 6.77. The Balaban J connectivity index is 2.73. The van der Waals surface area contributed by atoms with Gasteiger partial charge in [0.25, 0.3) is 0 Å². The van der Waals surface area contributed by atoms with E-state index in [9.17, 15) is 9.90 Å². The Morgan fingerprint density at radius 2 is 2.16 bits per heavy atom. The van der Waals surface area contributed by atoms with Crippen molar-refractivity contribution < 1.29 is 9.90 Å². The van der Waals surface area contributed by atoms with Gasteiger partial charge in [0.1, 0.15) is 0 Å². The lowest BCUT2D eigenvalue weighted by Gasteiger charge is -2.22. The van der Waals surface area contributed by atoms with Crippen LogP contribution in [0.15, 0.2) is 18.3 Å². The first-order chi connectivity index (χ1) is 9.12. The van der Waals surface area contributed by atoms with Crippen LogP contribution in [0.4, 0.5) is 5.69 Å². The zero-order valence-corrected chi connectivity index (χ0v) is 11.9. The Labute approximate surface area is 114 Å². The largest absolute Gasteiger partial charge is 0.387 e. The molecule has 0 aliphatic carbocycles. The quantitative estimate of drug-likeness (QED) is 0.784. The fraction of sp³-hybridized carbons (Fsp3) is 0.571. The Morgan fingerprint density at radius 3 is 2.63 bits per heavy atom. The number of aromatic nitrogens is 1. The van der Waals surface area contributed by atoms with Gasteiger partial charge in [-0.1, -0.05) is 6.92 Å². The van der Waals surface area contributed by atoms with Crippen molar-refractivity contribution in [3.8, 4) is 0 Å². The van der Waals surface area contributed by atoms with Crippen LogP contribution in [0, 0.1) is 0 Å². The molecule has 1 aromatic heterocycles. The molecule has 0 fully saturated rings. The maximum atomic E-state index is 11.6. The molecule has 0 aliphatic rings. The van der Waals surface area contributed by atoms with E-state index in [4.69, 9.17) is 0 Å². The van der Waals surface area contributed by atoms with E-state index in [0.717, 1.165) is 12.2 Å². The number of rotatable bonds is 7. The van der Waals surface area contributed by atoms with Gasteiger partial charge in [-0.2, -0.15) is 0 Å². The van der Waals surface area contributed by atoms with Crippen LogP contribution in [0.1, 0.15) is 39.0 Å². The zero-order valence-electron chi connectivity index (χ0n) is 11.9. The smallest absolute Gasteiger partial charge is 0.239 e. The molecule has 0 aromatic carbocycles. The van der Waals surface area contributed by atoms with Crippen LogP contribution in [0.5, 0.6) is 0 Å². The van der Waals surface area contributed by atoms with Gasteiger partial charge >= 0.3 is 0 Å². The second-order valence-corrected chi connectivity index (χ2v) is 4.33. The van der Waals surface area contributed by atoms with Gasteiger partial charge in [0.2, 0.25) is 5.91 Å². The molecule has 2 N–H and O–H groups in total. The lowest BCUT2D eigenvalue weighted by molar-refractivity contribution is -0.119. The monoisotopic (exact) mass is 265 g/mol. The summed E-state index contributed by atoms with van der Waals surface area (Å²) in [5.74, 6) is 0.00187. The number of aliphatic hydroxyl groups excluding tert-OH is 1. The molecule has 0 radical (unpaired) electrons. The molecule has 19 heavy (non-hydrogen) atoms. The summed E-state index contributed by atoms with van der Waals surface area (Å²) in [6, 6.07) is 3.70. The number of anilines is 1. The summed E-state index contributed by atoms with van der Waals surface area (Å²) in [5.41, 5.74) is 1.56. The molecular formula is C14H23N3O2. The van der Waals surface area contributed by atoms with E-state index in [1.54, 1.807) is 6.20 Å². The number of likely N-dealkylation sites (N-methyl/N-ethyl adjacent to an activating group) is 2. The fourth-order valence-corrected chi connectivity index (χ4v) is 1.80. The first-order valence-electron chi connectivity index (χ1n) is 6.77. The minimum absolute atomic E-state index is 0.00187. The third-order valence-corrected chi connectivity index (χ3v) is 2.95. The average Bonchev–Trinajstić information content (AvgIpc) is 2.44. The summed E-state index contributed by atoms with van der Waals surface area (Å²) in [4.78, 5) is 17.8. The van der Waals surface area contributed by atoms with Gasteiger partial charge in [0.15, 0.2) is 0 Å². The topological polar surface area (TPSA) is 65.5 Å². The molecule has 1 unspecified atom stereocenters. The van der Waals surface area contributed by atoms with Crippen molar-refractivity contribution >= 4 is 11.6 Å². The normalized spacial score (nSPS) is 12.0. The number of pyridine rings is 1. The average molecular weight is 265 g/mol. The maximum absolute atomic E-state index is 11.6. The highest BCUT2D eigenvalue weighted by molar-refractivity contribution is 5.81. The van der Waals surface area contributed by atoms with Gasteiger partial charge in [-0.05, 0) is 32.4 Å². The number of hydrogen-bond donors (Lipinski definition) is 2. The van der Waals surface area contributed by atoms with Crippen LogP contribution in [-0.4, -0.2) is 35.6 Å². The van der Waals surface area contributed by atoms with Crippen LogP contribution in [-0.2, 0) is 4.79 Å². The second kappa shape index (κ2) is 7.74. The van der Waals surface area contributed by atoms with Crippen molar-refractivity contribution in [1.29, 1.82) is 0 Å². The Kier molecular flexibility index (Phi) is 6.29. The number of carbonyl (C=O) groups is 1. The highest BCUT2D eigenvalue weighted by Crippen LogP contribution is 2.18. The zero-order chi connectivity index (χ0) is 14.3. The number of aliphatic hydroxyl groups is 1. The van der Waals surface area contributed by atoms with E-state index in [0.29, 0.717) is 25.2 Å². The number of nitrogens with zero attached hydrogens (tertiary/aromatic N) is 2. The summed E-state index contributed by atoms with van der Waals surface area (Å²) in [5, 5.41) is 12.5. The van der Waals surface area contributed by atoms with Gasteiger partial charge in [-0.3, -0.25) is 9.78 Å². The lowest BCUT2D eigenvalue weighted by Crippen LogP contribution is -2.37. The van der Waals surface area contributed by atoms with Gasteiger partial charge in [0.05, 0.1) is 30.2 Å². The van der Waals surface area contributed by atoms with Gasteiger partial charge in [0, 0.05) is 13.1 Å². The Bertz CT molecular complexity index is 392. The van der Waals surface area contributed by atoms with E-state index in [1.807, 2.05) is 37.8 Å². The highest BCUT2D eigenvalue weighted by atomic mass is 16.3. The van der Waals surface area contributed by atoms with Crippen molar-refractivity contribution in [2.45, 2.75) is 33.3 Å². The van der Waals surface area contributed by atoms with E-state index in [1.165, 1.54) is 0 Å². The van der Waals surface area contributed by atoms with Crippen LogP contribution in [0.3, 0.4) is 0 Å². The molecule has 1 heterocycles. The standard InChI is InChI=1S/C14H23N3O2/c1-4-13(18)12-8-7-11(9-16-12)17(6-3)10-14(19)15-5-2/h7-9,13,18H,4-6,10H2,1-3H3,(H,15,19). The van der Waals surface area contributed by atoms with Crippen LogP contribution < -0.4 is 10.2 Å². The van der Waals surface area contributed by atoms with E-state index in [2.05, 4.69) is 10.3 Å². The number of nitrogens with one attached hydrogen (secondary N) is 1. The molecule has 1 amide bonds. The van der Waals surface area contributed by atoms with Gasteiger partial charge < -0.3 is 15.3 Å². The molecule has 1 atom stereocenters. The molecule has 0 saturated carbocycles. The van der Waals surface area contributed by atoms with Crippen LogP contribution in [0.25, 0.3) is 0 Å². The lowest BCUT2D eigenvalue weighted by atomic mass is 10.2. The third-order valence-electron chi connectivity index (χ3n) is 2.95. The summed E-state index contributed by atoms with van der Waals surface area (Å²) < 4.78 is 0. The van der Waals surface area contributed by atoms with Crippen molar-refractivity contribution in [1.82, 2.24) is 10.3 Å². The number of hydrogen-bond acceptors (Lipinski definition) is 4. The molecule has 5 nitrogen and oxygen atoms in total. The predicted octanol–water partition coefficient (Wildman–Crippen LogP) is 1.49. The predicted molar refractivity (Wildman–Crippen MR) is 76.1 cm³/mol. The third kappa shape index (κ3) is 4.52. The second-order valence-electron chi connectivity index (χ2n) is 4.33. The summed E-state index contributed by atoms with van der Waals surface area (Å²) in [6.07, 6.45) is 1.83. The summed E-state index contributed by atoms with van der Waals surface area (Å²) in [7, 11) is 0. The van der Waals surface area contributed by atoms with E-state index in [-0.39, 0.29) is 5.91 Å². The van der Waals surface area contributed by atoms with Gasteiger partial charge in [-0.25, -0.2) is 0 Å². The summed E-state index contributed by atoms with van der Waals surface area (Å²) >= 11 is 0. The highest BCUT2D eigenvalue weighted by Gasteiger charge is 2.11. The van der Waals surface area contributed by atoms with Crippen molar-refractivity contribution in [3.63, 3.8) is 0 Å². The van der Waals surface area contributed by atoms with E-state index < -0.39 is 6.10 Å². The number of carbonyl (C=O) groups excluding carboxylic acids is 1. The minimum atomic E-state index is -0.521. The molecule has 0 bridgehead atoms. The van der Waals surface area contributed by atoms with Crippen molar-refractivity contribution in [2.75, 3.05) is 24.5 Å². The SMILES string of the molecule is CCNC(=O)CN(CC)c1ccc(C(O)CC)nc1. The molecule has 1 aromatic rings. The molecule has 5 heteroatoms. The van der Waals surface area contributed by atoms with Crippen molar-refractivity contribution in [3.05, 3.63) is 24.0 Å². The van der Waals surface area contributed by atoms with Crippen molar-refractivity contribution in [2.24, 2.45) is 0 Å². The molecule has 1 rings (SSSR count). The Morgan fingerprint density at radius 1 is 1.42 bits per heavy atom. The number of amides is 1. The van der Waals surface area contributed by atoms with Crippen LogP contribution in [0.2, 0.25) is 0 Å². The molecule has 106 valence electrons. The minimum Gasteiger partial charge on any atom is -0.387 e. The Hall–Kier alpha value is -1.62. The fourth-order valence-electron chi connectivity index (χ4n) is 1.80. The first kappa shape index (κ1) is 15.4. The summed E-state index contributed by atoms with van der Waals surface area (Å²) in [6.45, 7) is 7.49. The molecule has 0 aliphatic heterocycles. The maximum Gasteiger partial charge on any atom is 0.239 e. The molecule has 0 saturated heterocycles.